The molecule has 4 nitrogen and oxygen atoms in total. The van der Waals surface area contributed by atoms with Crippen LogP contribution in [0.5, 0.6) is 0 Å². The van der Waals surface area contributed by atoms with Crippen LogP contribution in [0.1, 0.15) is 106 Å². The highest BCUT2D eigenvalue weighted by molar-refractivity contribution is 5.96. The fourth-order valence-electron chi connectivity index (χ4n) is 10.4. The second-order valence-electron chi connectivity index (χ2n) is 15.0. The third kappa shape index (κ3) is 3.00. The molecule has 0 bridgehead atoms. The first-order valence-corrected chi connectivity index (χ1v) is 14.0. The molecule has 0 saturated heterocycles. The maximum absolute atomic E-state index is 14.3. The summed E-state index contributed by atoms with van der Waals surface area (Å²) in [5.41, 5.74) is 0.119. The predicted octanol–water partition coefficient (Wildman–Crippen LogP) is 6.71. The van der Waals surface area contributed by atoms with Crippen molar-refractivity contribution in [3.8, 4) is 0 Å². The smallest absolute Gasteiger partial charge is 0.312 e. The van der Waals surface area contributed by atoms with E-state index in [1.807, 2.05) is 6.08 Å². The van der Waals surface area contributed by atoms with Crippen molar-refractivity contribution in [2.45, 2.75) is 106 Å². The van der Waals surface area contributed by atoms with Gasteiger partial charge in [-0.25, -0.2) is 0 Å². The van der Waals surface area contributed by atoms with E-state index in [0.717, 1.165) is 51.4 Å². The van der Waals surface area contributed by atoms with Crippen LogP contribution in [0.4, 0.5) is 0 Å². The van der Waals surface area contributed by atoms with E-state index in [1.54, 1.807) is 0 Å². The molecular weight excluding hydrogens is 436 g/mol. The SMILES string of the molecule is COC(=O)[C@]12CCC(C)(C)C[C@H]1[C@H]1C(=O)C=C3[C@]4(C)CCC(=O)C(C)(C)[C@@H]4CC[C@@]3(C)[C@@]1(C)CC2. The highest BCUT2D eigenvalue weighted by Crippen LogP contribution is 2.74. The van der Waals surface area contributed by atoms with Crippen LogP contribution in [-0.2, 0) is 19.1 Å². The van der Waals surface area contributed by atoms with Crippen molar-refractivity contribution >= 4 is 17.5 Å². The number of methoxy groups -OCH3 is 1. The van der Waals surface area contributed by atoms with E-state index < -0.39 is 5.41 Å². The zero-order valence-electron chi connectivity index (χ0n) is 23.3. The van der Waals surface area contributed by atoms with Crippen LogP contribution < -0.4 is 0 Å². The number of Topliss-reactive ketones (excluding diaryl/α,β-unsaturated/α-hetero) is 1. The predicted molar refractivity (Wildman–Crippen MR) is 136 cm³/mol. The van der Waals surface area contributed by atoms with Crippen LogP contribution in [0.25, 0.3) is 0 Å². The number of rotatable bonds is 1. The fourth-order valence-corrected chi connectivity index (χ4v) is 10.4. The molecule has 0 aromatic rings. The molecule has 0 aliphatic heterocycles. The van der Waals surface area contributed by atoms with Gasteiger partial charge in [-0.15, -0.1) is 0 Å². The lowest BCUT2D eigenvalue weighted by atomic mass is 9.34. The van der Waals surface area contributed by atoms with Crippen LogP contribution >= 0.6 is 0 Å². The molecule has 0 unspecified atom stereocenters. The largest absolute Gasteiger partial charge is 0.469 e. The molecule has 0 heterocycles. The molecule has 7 atom stereocenters. The Morgan fingerprint density at radius 3 is 2.23 bits per heavy atom. The van der Waals surface area contributed by atoms with Gasteiger partial charge in [0.05, 0.1) is 12.5 Å². The summed E-state index contributed by atoms with van der Waals surface area (Å²) in [6, 6.07) is 0. The zero-order valence-corrected chi connectivity index (χ0v) is 23.3. The standard InChI is InChI=1S/C31H46O4/c1-26(2)13-15-31(25(34)35-8)16-14-30(7)24(19(31)18-26)20(32)17-22-28(5)11-10-23(33)27(3,4)21(28)9-12-29(22,30)6/h17,19,21,24H,9-16,18H2,1-8H3/t19-,21-,24-,28+,29+,30-,31-/m0/s1. The quantitative estimate of drug-likeness (QED) is 0.390. The third-order valence-electron chi connectivity index (χ3n) is 12.7. The minimum atomic E-state index is -0.536. The second-order valence-corrected chi connectivity index (χ2v) is 15.0. The second kappa shape index (κ2) is 7.32. The number of hydrogen-bond acceptors (Lipinski definition) is 4. The van der Waals surface area contributed by atoms with E-state index in [9.17, 15) is 14.4 Å². The summed E-state index contributed by atoms with van der Waals surface area (Å²) in [7, 11) is 1.51. The Balaban J connectivity index is 1.65. The van der Waals surface area contributed by atoms with Gasteiger partial charge in [-0.2, -0.15) is 0 Å². The summed E-state index contributed by atoms with van der Waals surface area (Å²) in [4.78, 5) is 40.6. The molecule has 0 spiro atoms. The Bertz CT molecular complexity index is 1020. The van der Waals surface area contributed by atoms with Crippen molar-refractivity contribution < 1.29 is 19.1 Å². The summed E-state index contributed by atoms with van der Waals surface area (Å²) in [5, 5.41) is 0. The number of fused-ring (bicyclic) bond motifs is 7. The highest BCUT2D eigenvalue weighted by atomic mass is 16.5. The number of carbonyl (C=O) groups excluding carboxylic acids is 3. The summed E-state index contributed by atoms with van der Waals surface area (Å²) in [6.45, 7) is 16.0. The molecule has 0 N–H and O–H groups in total. The molecule has 0 aromatic heterocycles. The van der Waals surface area contributed by atoms with Crippen molar-refractivity contribution in [2.24, 2.45) is 50.2 Å². The van der Waals surface area contributed by atoms with Gasteiger partial charge >= 0.3 is 5.97 Å². The molecule has 0 aromatic carbocycles. The molecule has 194 valence electrons. The topological polar surface area (TPSA) is 60.4 Å². The Morgan fingerprint density at radius 1 is 0.914 bits per heavy atom. The Labute approximate surface area is 212 Å². The van der Waals surface area contributed by atoms with Crippen LogP contribution in [0.3, 0.4) is 0 Å². The molecular formula is C31H46O4. The Kier molecular flexibility index (Phi) is 5.27. The van der Waals surface area contributed by atoms with Crippen LogP contribution in [0.15, 0.2) is 11.6 Å². The molecule has 0 radical (unpaired) electrons. The van der Waals surface area contributed by atoms with Gasteiger partial charge in [-0.3, -0.25) is 14.4 Å². The number of carbonyl (C=O) groups is 3. The Hall–Kier alpha value is -1.45. The molecule has 5 aliphatic rings. The summed E-state index contributed by atoms with van der Waals surface area (Å²) in [6.07, 6.45) is 9.92. The van der Waals surface area contributed by atoms with Gasteiger partial charge in [0.25, 0.3) is 0 Å². The average molecular weight is 483 g/mol. The molecule has 0 amide bonds. The van der Waals surface area contributed by atoms with Crippen molar-refractivity contribution in [2.75, 3.05) is 7.11 Å². The van der Waals surface area contributed by atoms with E-state index >= 15 is 0 Å². The van der Waals surface area contributed by atoms with Gasteiger partial charge in [-0.1, -0.05) is 54.0 Å². The van der Waals surface area contributed by atoms with Gasteiger partial charge in [0.1, 0.15) is 5.78 Å². The number of ether oxygens (including phenoxy) is 1. The lowest BCUT2D eigenvalue weighted by Gasteiger charge is -2.69. The maximum Gasteiger partial charge on any atom is 0.312 e. The summed E-state index contributed by atoms with van der Waals surface area (Å²) in [5.74, 6) is 0.648. The summed E-state index contributed by atoms with van der Waals surface area (Å²) < 4.78 is 5.42. The van der Waals surface area contributed by atoms with Gasteiger partial charge in [-0.05, 0) is 90.9 Å². The van der Waals surface area contributed by atoms with Gasteiger partial charge in [0.15, 0.2) is 5.78 Å². The lowest BCUT2D eigenvalue weighted by molar-refractivity contribution is -0.192. The van der Waals surface area contributed by atoms with E-state index in [2.05, 4.69) is 48.5 Å². The number of esters is 1. The number of ketones is 2. The van der Waals surface area contributed by atoms with E-state index in [4.69, 9.17) is 4.74 Å². The monoisotopic (exact) mass is 482 g/mol. The minimum absolute atomic E-state index is 0.0227. The van der Waals surface area contributed by atoms with E-state index in [0.29, 0.717) is 12.2 Å². The van der Waals surface area contributed by atoms with Crippen molar-refractivity contribution in [1.82, 2.24) is 0 Å². The van der Waals surface area contributed by atoms with Gasteiger partial charge in [0, 0.05) is 17.8 Å². The highest BCUT2D eigenvalue weighted by Gasteiger charge is 2.71. The molecule has 5 rings (SSSR count). The van der Waals surface area contributed by atoms with Crippen molar-refractivity contribution in [3.05, 3.63) is 11.6 Å². The minimum Gasteiger partial charge on any atom is -0.469 e. The van der Waals surface area contributed by atoms with Crippen LogP contribution in [0, 0.1) is 50.2 Å². The fraction of sp³-hybridized carbons (Fsp3) is 0.839. The maximum atomic E-state index is 14.3. The normalized spacial score (nSPS) is 48.0. The van der Waals surface area contributed by atoms with E-state index in [-0.39, 0.29) is 56.6 Å². The van der Waals surface area contributed by atoms with Crippen LogP contribution in [0.2, 0.25) is 0 Å². The first kappa shape index (κ1) is 25.2. The first-order chi connectivity index (χ1) is 16.1. The van der Waals surface area contributed by atoms with Gasteiger partial charge in [0.2, 0.25) is 0 Å². The zero-order chi connectivity index (χ0) is 25.8. The van der Waals surface area contributed by atoms with E-state index in [1.165, 1.54) is 12.7 Å². The van der Waals surface area contributed by atoms with Crippen molar-refractivity contribution in [1.29, 1.82) is 0 Å². The molecule has 5 aliphatic carbocycles. The average Bonchev–Trinajstić information content (AvgIpc) is 2.77. The lowest BCUT2D eigenvalue weighted by Crippen LogP contribution is -2.66. The molecule has 35 heavy (non-hydrogen) atoms. The number of allylic oxidation sites excluding steroid dienone is 2. The van der Waals surface area contributed by atoms with Crippen LogP contribution in [-0.4, -0.2) is 24.6 Å². The Morgan fingerprint density at radius 2 is 1.57 bits per heavy atom. The molecule has 4 fully saturated rings. The first-order valence-electron chi connectivity index (χ1n) is 14.0. The number of hydrogen-bond donors (Lipinski definition) is 0. The third-order valence-corrected chi connectivity index (χ3v) is 12.7. The summed E-state index contributed by atoms with van der Waals surface area (Å²) >= 11 is 0. The molecule has 4 saturated carbocycles. The van der Waals surface area contributed by atoms with Gasteiger partial charge < -0.3 is 4.74 Å². The molecule has 4 heteroatoms. The van der Waals surface area contributed by atoms with Crippen molar-refractivity contribution in [3.63, 3.8) is 0 Å².